The Bertz CT molecular complexity index is 789. The summed E-state index contributed by atoms with van der Waals surface area (Å²) in [6.07, 6.45) is 0. The Labute approximate surface area is 183 Å². The van der Waals surface area contributed by atoms with Crippen molar-refractivity contribution in [2.75, 3.05) is 34.0 Å². The van der Waals surface area contributed by atoms with Gasteiger partial charge in [0.25, 0.3) is 0 Å². The molecule has 3 aromatic carbocycles. The summed E-state index contributed by atoms with van der Waals surface area (Å²) < 4.78 is 25.6. The fourth-order valence-electron chi connectivity index (χ4n) is 3.49. The summed E-state index contributed by atoms with van der Waals surface area (Å²) in [5.41, 5.74) is 3.26. The average Bonchev–Trinajstić information content (AvgIpc) is 2.83. The Morgan fingerprint density at radius 1 is 0.433 bits per heavy atom. The van der Waals surface area contributed by atoms with E-state index in [1.807, 2.05) is 18.2 Å². The molecule has 1 fully saturated rings. The fraction of sp³-hybridized carbons (Fsp3) is 0.143. The van der Waals surface area contributed by atoms with E-state index in [1.54, 1.807) is 21.3 Å². The van der Waals surface area contributed by atoms with Crippen LogP contribution in [-0.4, -0.2) is 49.4 Å². The van der Waals surface area contributed by atoms with Gasteiger partial charge in [-0.05, 0) is 36.4 Å². The van der Waals surface area contributed by atoms with E-state index in [0.717, 1.165) is 17.1 Å². The van der Waals surface area contributed by atoms with Gasteiger partial charge in [0.1, 0.15) is 0 Å². The van der Waals surface area contributed by atoms with Crippen LogP contribution >= 0.6 is 0 Å². The first-order chi connectivity index (χ1) is 14.8. The molecule has 0 N–H and O–H groups in total. The van der Waals surface area contributed by atoms with Gasteiger partial charge in [-0.25, -0.2) is 0 Å². The molecule has 1 aliphatic rings. The Morgan fingerprint density at radius 3 is 0.867 bits per heavy atom. The maximum Gasteiger partial charge on any atom is 0.469 e. The van der Waals surface area contributed by atoms with Crippen LogP contribution in [0.1, 0.15) is 0 Å². The zero-order chi connectivity index (χ0) is 20.9. The first-order valence-electron chi connectivity index (χ1n) is 9.58. The monoisotopic (exact) mass is 450 g/mol. The molecule has 0 bridgehead atoms. The molecule has 9 heteroatoms. The molecular formula is C21H24N3O3Si3. The largest absolute Gasteiger partial charge is 0.469 e. The summed E-state index contributed by atoms with van der Waals surface area (Å²) in [5.74, 6) is 0. The molecule has 1 saturated heterocycles. The molecule has 3 radical (unpaired) electrons. The van der Waals surface area contributed by atoms with E-state index in [9.17, 15) is 0 Å². The van der Waals surface area contributed by atoms with E-state index in [-0.39, 0.29) is 0 Å². The first-order valence-corrected chi connectivity index (χ1v) is 13.5. The van der Waals surface area contributed by atoms with Gasteiger partial charge in [-0.15, -0.1) is 0 Å². The van der Waals surface area contributed by atoms with Crippen molar-refractivity contribution in [3.8, 4) is 0 Å². The Morgan fingerprint density at radius 2 is 0.667 bits per heavy atom. The average molecular weight is 451 g/mol. The normalized spacial score (nSPS) is 16.3. The van der Waals surface area contributed by atoms with E-state index in [4.69, 9.17) is 13.3 Å². The van der Waals surface area contributed by atoms with Crippen molar-refractivity contribution in [2.24, 2.45) is 0 Å². The second kappa shape index (κ2) is 9.60. The minimum Gasteiger partial charge on any atom is -0.386 e. The highest BCUT2D eigenvalue weighted by atomic mass is 28.4. The standard InChI is InChI=1S/C21H24N3O3Si3/c1-25-28-22(19-13-7-4-8-14-19)29(26-2)24(21-17-11-6-12-18-21)30(27-3)23(28)20-15-9-5-10-16-20/h4-18H,1-3H3. The second-order valence-corrected chi connectivity index (χ2v) is 13.4. The summed E-state index contributed by atoms with van der Waals surface area (Å²) in [5, 5.41) is 0. The number of nitrogens with zero attached hydrogens (tertiary/aromatic N) is 3. The molecule has 4 rings (SSSR count). The molecule has 0 aliphatic carbocycles. The van der Waals surface area contributed by atoms with Crippen LogP contribution in [0, 0.1) is 0 Å². The molecular weight excluding hydrogens is 427 g/mol. The zero-order valence-corrected chi connectivity index (χ0v) is 20.2. The van der Waals surface area contributed by atoms with Crippen LogP contribution in [0.4, 0.5) is 17.1 Å². The number of anilines is 3. The third-order valence-corrected chi connectivity index (χ3v) is 13.1. The van der Waals surface area contributed by atoms with Crippen LogP contribution in [0.15, 0.2) is 91.0 Å². The zero-order valence-electron chi connectivity index (χ0n) is 17.2. The van der Waals surface area contributed by atoms with Gasteiger partial charge >= 0.3 is 28.1 Å². The molecule has 0 saturated carbocycles. The summed E-state index contributed by atoms with van der Waals surface area (Å²) in [6, 6.07) is 31.1. The van der Waals surface area contributed by atoms with Crippen molar-refractivity contribution in [2.45, 2.75) is 0 Å². The van der Waals surface area contributed by atoms with Crippen LogP contribution in [0.3, 0.4) is 0 Å². The lowest BCUT2D eigenvalue weighted by Gasteiger charge is -2.52. The predicted octanol–water partition coefficient (Wildman–Crippen LogP) is 3.41. The summed E-state index contributed by atoms with van der Waals surface area (Å²) in [6.45, 7) is 0. The third-order valence-electron chi connectivity index (χ3n) is 4.74. The highest BCUT2D eigenvalue weighted by molar-refractivity contribution is 7.00. The second-order valence-electron chi connectivity index (χ2n) is 6.47. The molecule has 0 amide bonds. The van der Waals surface area contributed by atoms with E-state index < -0.39 is 28.1 Å². The Hall–Kier alpha value is -2.41. The molecule has 6 nitrogen and oxygen atoms in total. The number of rotatable bonds is 6. The van der Waals surface area contributed by atoms with Gasteiger partial charge in [-0.2, -0.15) is 0 Å². The highest BCUT2D eigenvalue weighted by Crippen LogP contribution is 2.33. The molecule has 0 spiro atoms. The molecule has 0 atom stereocenters. The minimum absolute atomic E-state index is 1.09. The van der Waals surface area contributed by atoms with Crippen molar-refractivity contribution in [3.63, 3.8) is 0 Å². The quantitative estimate of drug-likeness (QED) is 0.536. The van der Waals surface area contributed by atoms with Crippen LogP contribution in [0.2, 0.25) is 0 Å². The van der Waals surface area contributed by atoms with Crippen LogP contribution in [-0.2, 0) is 13.3 Å². The predicted molar refractivity (Wildman–Crippen MR) is 125 cm³/mol. The summed E-state index contributed by atoms with van der Waals surface area (Å²) >= 11 is 0. The smallest absolute Gasteiger partial charge is 0.386 e. The molecule has 1 heterocycles. The lowest BCUT2D eigenvalue weighted by atomic mass is 10.3. The van der Waals surface area contributed by atoms with Gasteiger partial charge in [0, 0.05) is 38.4 Å². The number of hydrogen-bond acceptors (Lipinski definition) is 6. The summed E-state index contributed by atoms with van der Waals surface area (Å²) in [7, 11) is 0.351. The maximum atomic E-state index is 6.19. The van der Waals surface area contributed by atoms with Gasteiger partial charge in [0.15, 0.2) is 0 Å². The van der Waals surface area contributed by atoms with Gasteiger partial charge < -0.3 is 26.0 Å². The number of hydrogen-bond donors (Lipinski definition) is 0. The Kier molecular flexibility index (Phi) is 6.67. The molecule has 30 heavy (non-hydrogen) atoms. The van der Waals surface area contributed by atoms with Gasteiger partial charge in [0.2, 0.25) is 0 Å². The fourth-order valence-corrected chi connectivity index (χ4v) is 13.7. The number of benzene rings is 3. The van der Waals surface area contributed by atoms with E-state index in [1.165, 1.54) is 0 Å². The highest BCUT2D eigenvalue weighted by Gasteiger charge is 2.56. The van der Waals surface area contributed by atoms with Gasteiger partial charge in [-0.3, -0.25) is 0 Å². The van der Waals surface area contributed by atoms with E-state index in [2.05, 4.69) is 85.5 Å². The van der Waals surface area contributed by atoms with Crippen molar-refractivity contribution in [1.29, 1.82) is 0 Å². The van der Waals surface area contributed by atoms with Crippen molar-refractivity contribution < 1.29 is 13.3 Å². The summed E-state index contributed by atoms with van der Waals surface area (Å²) in [4.78, 5) is 0. The lowest BCUT2D eigenvalue weighted by molar-refractivity contribution is 0.379. The van der Waals surface area contributed by atoms with E-state index >= 15 is 0 Å². The maximum absolute atomic E-state index is 6.19. The van der Waals surface area contributed by atoms with Gasteiger partial charge in [0.05, 0.1) is 0 Å². The number of para-hydroxylation sites is 3. The first kappa shape index (κ1) is 20.8. The SMILES string of the molecule is CO[Si]1N(c2ccccc2)[Si](OC)N(c2ccccc2)[Si](OC)N1c1ccccc1. The molecule has 1 aliphatic heterocycles. The molecule has 0 unspecified atom stereocenters. The minimum atomic E-state index is -1.66. The molecule has 0 aromatic heterocycles. The topological polar surface area (TPSA) is 37.4 Å². The van der Waals surface area contributed by atoms with Crippen molar-refractivity contribution >= 4 is 45.2 Å². The van der Waals surface area contributed by atoms with Gasteiger partial charge in [-0.1, -0.05) is 54.6 Å². The lowest BCUT2D eigenvalue weighted by Crippen LogP contribution is -2.80. The third kappa shape index (κ3) is 3.83. The Balaban J connectivity index is 1.91. The van der Waals surface area contributed by atoms with Crippen LogP contribution < -0.4 is 12.7 Å². The molecule has 3 aromatic rings. The van der Waals surface area contributed by atoms with Crippen LogP contribution in [0.5, 0.6) is 0 Å². The van der Waals surface area contributed by atoms with Crippen molar-refractivity contribution in [3.05, 3.63) is 91.0 Å². The van der Waals surface area contributed by atoms with Crippen LogP contribution in [0.25, 0.3) is 0 Å². The van der Waals surface area contributed by atoms with Crippen molar-refractivity contribution in [1.82, 2.24) is 0 Å². The van der Waals surface area contributed by atoms with E-state index in [0.29, 0.717) is 0 Å². The molecule has 153 valence electrons.